The third-order valence-corrected chi connectivity index (χ3v) is 6.49. The molecule has 31 heavy (non-hydrogen) atoms. The van der Waals surface area contributed by atoms with E-state index in [4.69, 9.17) is 14.5 Å². The van der Waals surface area contributed by atoms with E-state index >= 15 is 0 Å². The van der Waals surface area contributed by atoms with Crippen molar-refractivity contribution in [2.24, 2.45) is 5.92 Å². The van der Waals surface area contributed by atoms with Gasteiger partial charge >= 0.3 is 5.97 Å². The molecule has 0 bridgehead atoms. The van der Waals surface area contributed by atoms with E-state index in [-0.39, 0.29) is 11.4 Å². The van der Waals surface area contributed by atoms with Crippen LogP contribution in [0.25, 0.3) is 11.0 Å². The Morgan fingerprint density at radius 2 is 2.00 bits per heavy atom. The maximum Gasteiger partial charge on any atom is 0.339 e. The highest BCUT2D eigenvalue weighted by molar-refractivity contribution is 7.99. The van der Waals surface area contributed by atoms with Crippen molar-refractivity contribution in [3.63, 3.8) is 0 Å². The molecule has 6 nitrogen and oxygen atoms in total. The summed E-state index contributed by atoms with van der Waals surface area (Å²) >= 11 is 1.56. The summed E-state index contributed by atoms with van der Waals surface area (Å²) in [5, 5.41) is 0.824. The summed E-state index contributed by atoms with van der Waals surface area (Å²) in [6, 6.07) is 10.00. The number of pyridine rings is 1. The first-order chi connectivity index (χ1) is 14.8. The van der Waals surface area contributed by atoms with E-state index in [9.17, 15) is 4.79 Å². The van der Waals surface area contributed by atoms with E-state index in [1.165, 1.54) is 12.6 Å². The zero-order chi connectivity index (χ0) is 22.0. The Kier molecular flexibility index (Phi) is 6.34. The summed E-state index contributed by atoms with van der Waals surface area (Å²) in [6.45, 7) is 9.34. The molecule has 2 aromatic heterocycles. The van der Waals surface area contributed by atoms with Crippen LogP contribution >= 0.6 is 11.8 Å². The molecule has 1 aromatic carbocycles. The lowest BCUT2D eigenvalue weighted by Crippen LogP contribution is -2.25. The van der Waals surface area contributed by atoms with Gasteiger partial charge in [0.25, 0.3) is 0 Å². The Morgan fingerprint density at radius 1 is 1.23 bits per heavy atom. The summed E-state index contributed by atoms with van der Waals surface area (Å²) in [7, 11) is 1.37. The second-order valence-electron chi connectivity index (χ2n) is 8.98. The molecule has 1 saturated heterocycles. The van der Waals surface area contributed by atoms with Gasteiger partial charge in [-0.1, -0.05) is 32.5 Å². The fraction of sp³-hybridized carbons (Fsp3) is 0.458. The summed E-state index contributed by atoms with van der Waals surface area (Å²) < 4.78 is 12.7. The largest absolute Gasteiger partial charge is 0.465 e. The van der Waals surface area contributed by atoms with Gasteiger partial charge in [0.05, 0.1) is 23.7 Å². The van der Waals surface area contributed by atoms with E-state index in [1.54, 1.807) is 24.0 Å². The van der Waals surface area contributed by atoms with Crippen molar-refractivity contribution in [3.8, 4) is 0 Å². The number of methoxy groups -OCH3 is 1. The zero-order valence-electron chi connectivity index (χ0n) is 18.6. The highest BCUT2D eigenvalue weighted by Crippen LogP contribution is 2.33. The lowest BCUT2D eigenvalue weighted by Gasteiger charge is -2.26. The summed E-state index contributed by atoms with van der Waals surface area (Å²) in [5.74, 6) is 1.37. The molecule has 0 amide bonds. The van der Waals surface area contributed by atoms with Gasteiger partial charge in [-0.05, 0) is 49.1 Å². The molecule has 1 fully saturated rings. The zero-order valence-corrected chi connectivity index (χ0v) is 19.4. The number of ether oxygens (including phenoxy) is 2. The molecule has 1 aliphatic rings. The van der Waals surface area contributed by atoms with Crippen LogP contribution in [-0.2, 0) is 21.4 Å². The average Bonchev–Trinajstić information content (AvgIpc) is 3.12. The number of carbonyl (C=O) groups excluding carboxylic acids is 1. The minimum atomic E-state index is -0.379. The van der Waals surface area contributed by atoms with Crippen LogP contribution in [0.1, 0.15) is 49.8 Å². The maximum atomic E-state index is 11.6. The van der Waals surface area contributed by atoms with Crippen molar-refractivity contribution in [2.45, 2.75) is 55.5 Å². The Bertz CT molecular complexity index is 1060. The molecule has 0 radical (unpaired) electrons. The molecule has 0 N–H and O–H groups in total. The van der Waals surface area contributed by atoms with Crippen molar-refractivity contribution in [1.82, 2.24) is 14.5 Å². The van der Waals surface area contributed by atoms with Crippen LogP contribution < -0.4 is 0 Å². The minimum Gasteiger partial charge on any atom is -0.465 e. The summed E-state index contributed by atoms with van der Waals surface area (Å²) in [4.78, 5) is 22.1. The third-order valence-electron chi connectivity index (χ3n) is 5.55. The smallest absolute Gasteiger partial charge is 0.339 e. The number of fused-ring (bicyclic) bond motifs is 1. The van der Waals surface area contributed by atoms with E-state index in [1.807, 2.05) is 6.07 Å². The van der Waals surface area contributed by atoms with Gasteiger partial charge in [0.1, 0.15) is 10.9 Å². The van der Waals surface area contributed by atoms with E-state index < -0.39 is 0 Å². The number of carbonyl (C=O) groups is 1. The molecule has 0 saturated carbocycles. The summed E-state index contributed by atoms with van der Waals surface area (Å²) in [5.41, 5.74) is 2.59. The standard InChI is InChI=1S/C24H29N3O3S/c1-24(2,3)23-26-19-13-18(31-21-8-5-17(14-25-21)22(28)29-4)6-7-20(19)27(23)15-16-9-11-30-12-10-16/h5-8,13-14,16H,9-12,15H2,1-4H3. The average molecular weight is 440 g/mol. The number of aromatic nitrogens is 3. The minimum absolute atomic E-state index is 0.0389. The molecule has 4 rings (SSSR count). The van der Waals surface area contributed by atoms with Gasteiger partial charge in [-0.25, -0.2) is 14.8 Å². The first kappa shape index (κ1) is 21.8. The number of hydrogen-bond donors (Lipinski definition) is 0. The van der Waals surface area contributed by atoms with E-state index in [0.29, 0.717) is 11.5 Å². The molecular weight excluding hydrogens is 410 g/mol. The molecule has 0 unspecified atom stereocenters. The van der Waals surface area contributed by atoms with E-state index in [0.717, 1.165) is 53.9 Å². The van der Waals surface area contributed by atoms with Gasteiger partial charge in [-0.2, -0.15) is 0 Å². The van der Waals surface area contributed by atoms with Gasteiger partial charge in [-0.3, -0.25) is 0 Å². The van der Waals surface area contributed by atoms with Crippen LogP contribution in [0.15, 0.2) is 46.5 Å². The van der Waals surface area contributed by atoms with Crippen LogP contribution in [0.2, 0.25) is 0 Å². The topological polar surface area (TPSA) is 66.2 Å². The van der Waals surface area contributed by atoms with Crippen LogP contribution in [0.5, 0.6) is 0 Å². The number of nitrogens with zero attached hydrogens (tertiary/aromatic N) is 3. The van der Waals surface area contributed by atoms with Gasteiger partial charge in [0, 0.05) is 36.3 Å². The molecule has 3 aromatic rings. The molecule has 0 aliphatic carbocycles. The Hall–Kier alpha value is -2.38. The highest BCUT2D eigenvalue weighted by atomic mass is 32.2. The van der Waals surface area contributed by atoms with Crippen molar-refractivity contribution in [3.05, 3.63) is 47.9 Å². The molecule has 3 heterocycles. The van der Waals surface area contributed by atoms with Crippen molar-refractivity contribution in [1.29, 1.82) is 0 Å². The predicted octanol–water partition coefficient (Wildman–Crippen LogP) is 5.09. The van der Waals surface area contributed by atoms with Crippen molar-refractivity contribution >= 4 is 28.8 Å². The van der Waals surface area contributed by atoms with Crippen LogP contribution in [-0.4, -0.2) is 40.8 Å². The van der Waals surface area contributed by atoms with E-state index in [2.05, 4.69) is 48.5 Å². The predicted molar refractivity (Wildman–Crippen MR) is 122 cm³/mol. The Morgan fingerprint density at radius 3 is 2.65 bits per heavy atom. The van der Waals surface area contributed by atoms with Crippen LogP contribution in [0.4, 0.5) is 0 Å². The van der Waals surface area contributed by atoms with Gasteiger partial charge in [0.2, 0.25) is 0 Å². The second kappa shape index (κ2) is 9.01. The second-order valence-corrected chi connectivity index (χ2v) is 10.1. The van der Waals surface area contributed by atoms with Crippen molar-refractivity contribution < 1.29 is 14.3 Å². The number of imidazole rings is 1. The molecule has 164 valence electrons. The highest BCUT2D eigenvalue weighted by Gasteiger charge is 2.25. The lowest BCUT2D eigenvalue weighted by atomic mass is 9.94. The molecular formula is C24H29N3O3S. The maximum absolute atomic E-state index is 11.6. The number of rotatable bonds is 5. The summed E-state index contributed by atoms with van der Waals surface area (Å²) in [6.07, 6.45) is 3.75. The number of benzene rings is 1. The molecule has 1 aliphatic heterocycles. The van der Waals surface area contributed by atoms with Gasteiger partial charge in [0.15, 0.2) is 0 Å². The normalized spacial score (nSPS) is 15.4. The number of esters is 1. The van der Waals surface area contributed by atoms with Crippen LogP contribution in [0.3, 0.4) is 0 Å². The third kappa shape index (κ3) is 4.93. The molecule has 7 heteroatoms. The van der Waals surface area contributed by atoms with Crippen LogP contribution in [0, 0.1) is 5.92 Å². The number of hydrogen-bond acceptors (Lipinski definition) is 6. The Balaban J connectivity index is 1.62. The molecule has 0 atom stereocenters. The Labute approximate surface area is 187 Å². The van der Waals surface area contributed by atoms with Gasteiger partial charge < -0.3 is 14.0 Å². The fourth-order valence-corrected chi connectivity index (χ4v) is 4.71. The first-order valence-electron chi connectivity index (χ1n) is 10.7. The quantitative estimate of drug-likeness (QED) is 0.516. The first-order valence-corrected chi connectivity index (χ1v) is 11.5. The fourth-order valence-electron chi connectivity index (χ4n) is 3.92. The lowest BCUT2D eigenvalue weighted by molar-refractivity contribution is 0.0599. The monoisotopic (exact) mass is 439 g/mol. The van der Waals surface area contributed by atoms with Crippen molar-refractivity contribution in [2.75, 3.05) is 20.3 Å². The molecule has 0 spiro atoms. The SMILES string of the molecule is COC(=O)c1ccc(Sc2ccc3c(c2)nc(C(C)(C)C)n3CC2CCOCC2)nc1. The van der Waals surface area contributed by atoms with Gasteiger partial charge in [-0.15, -0.1) is 0 Å².